The number of halogens is 2. The highest BCUT2D eigenvalue weighted by molar-refractivity contribution is 7.99. The molecule has 0 spiro atoms. The van der Waals surface area contributed by atoms with Crippen LogP contribution in [0.2, 0.25) is 5.02 Å². The van der Waals surface area contributed by atoms with E-state index in [4.69, 9.17) is 16.3 Å². The van der Waals surface area contributed by atoms with Gasteiger partial charge in [0.2, 0.25) is 0 Å². The number of methoxy groups -OCH3 is 1. The van der Waals surface area contributed by atoms with Gasteiger partial charge in [-0.2, -0.15) is 0 Å². The SMILES string of the molecule is COc1ccc2ncc(Cl)c(C(=O)CC[C@@H]3CCN(CCSc4cccc(F)c4)C[C@H]3CC(=O)O)c2c1. The standard InChI is InChI=1S/C28H30ClFN2O4S/c1-36-21-6-7-25-23(15-21)28(24(29)16-31-25)26(33)8-5-18-9-10-32(17-19(18)13-27(34)35)11-12-37-22-4-2-3-20(30)14-22/h2-4,6-7,14-16,18-19H,5,8-13,17H2,1H3,(H,34,35)/t18-,19-/m1/s1. The summed E-state index contributed by atoms with van der Waals surface area (Å²) in [7, 11) is 1.57. The largest absolute Gasteiger partial charge is 0.497 e. The number of aromatic nitrogens is 1. The molecule has 9 heteroatoms. The topological polar surface area (TPSA) is 79.7 Å². The number of benzene rings is 2. The molecule has 3 aromatic rings. The fourth-order valence-corrected chi connectivity index (χ4v) is 6.26. The van der Waals surface area contributed by atoms with Gasteiger partial charge in [-0.15, -0.1) is 11.8 Å². The van der Waals surface area contributed by atoms with Gasteiger partial charge in [-0.3, -0.25) is 14.6 Å². The van der Waals surface area contributed by atoms with E-state index in [1.54, 1.807) is 43.1 Å². The number of piperidine rings is 1. The van der Waals surface area contributed by atoms with Gasteiger partial charge in [0.05, 0.1) is 17.6 Å². The molecule has 1 aliphatic rings. The minimum absolute atomic E-state index is 0.0389. The zero-order valence-electron chi connectivity index (χ0n) is 20.7. The molecule has 0 aliphatic carbocycles. The first-order valence-electron chi connectivity index (χ1n) is 12.3. The van der Waals surface area contributed by atoms with Crippen LogP contribution in [-0.4, -0.2) is 59.2 Å². The first kappa shape index (κ1) is 27.4. The molecule has 0 amide bonds. The molecule has 1 saturated heterocycles. The molecule has 0 radical (unpaired) electrons. The molecule has 2 heterocycles. The number of nitrogens with zero attached hydrogens (tertiary/aromatic N) is 2. The molecule has 2 atom stereocenters. The molecular formula is C28H30ClFN2O4S. The molecule has 0 unspecified atom stereocenters. The molecule has 1 aliphatic heterocycles. The van der Waals surface area contributed by atoms with E-state index in [9.17, 15) is 19.1 Å². The Bertz CT molecular complexity index is 1270. The van der Waals surface area contributed by atoms with Crippen molar-refractivity contribution in [1.82, 2.24) is 9.88 Å². The van der Waals surface area contributed by atoms with E-state index in [0.717, 1.165) is 30.2 Å². The highest BCUT2D eigenvalue weighted by Gasteiger charge is 2.31. The summed E-state index contributed by atoms with van der Waals surface area (Å²) in [5.74, 6) is 0.360. The van der Waals surface area contributed by atoms with Crippen LogP contribution >= 0.6 is 23.4 Å². The minimum Gasteiger partial charge on any atom is -0.497 e. The first-order valence-corrected chi connectivity index (χ1v) is 13.7. The van der Waals surface area contributed by atoms with Crippen LogP contribution in [0.25, 0.3) is 10.9 Å². The predicted octanol–water partition coefficient (Wildman–Crippen LogP) is 6.20. The molecule has 0 bridgehead atoms. The lowest BCUT2D eigenvalue weighted by atomic mass is 9.79. The van der Waals surface area contributed by atoms with Crippen LogP contribution in [0.3, 0.4) is 0 Å². The van der Waals surface area contributed by atoms with E-state index >= 15 is 0 Å². The van der Waals surface area contributed by atoms with Crippen molar-refractivity contribution in [2.24, 2.45) is 11.8 Å². The lowest BCUT2D eigenvalue weighted by Gasteiger charge is -2.38. The molecular weight excluding hydrogens is 515 g/mol. The second kappa shape index (κ2) is 12.7. The monoisotopic (exact) mass is 544 g/mol. The summed E-state index contributed by atoms with van der Waals surface area (Å²) in [6.45, 7) is 2.31. The number of Topliss-reactive ketones (excluding diaryl/α,β-unsaturated/α-hetero) is 1. The highest BCUT2D eigenvalue weighted by Crippen LogP contribution is 2.33. The number of pyridine rings is 1. The summed E-state index contributed by atoms with van der Waals surface area (Å²) in [5.41, 5.74) is 1.11. The van der Waals surface area contributed by atoms with E-state index in [-0.39, 0.29) is 36.3 Å². The van der Waals surface area contributed by atoms with Crippen LogP contribution in [0, 0.1) is 17.7 Å². The van der Waals surface area contributed by atoms with Gasteiger partial charge < -0.3 is 14.7 Å². The van der Waals surface area contributed by atoms with Gasteiger partial charge in [0.15, 0.2) is 5.78 Å². The van der Waals surface area contributed by atoms with E-state index in [1.807, 2.05) is 6.07 Å². The number of likely N-dealkylation sites (tertiary alicyclic amines) is 1. The van der Waals surface area contributed by atoms with Crippen molar-refractivity contribution in [2.75, 3.05) is 32.5 Å². The number of carboxylic acid groups (broad SMARTS) is 1. The van der Waals surface area contributed by atoms with Crippen LogP contribution in [0.4, 0.5) is 4.39 Å². The minimum atomic E-state index is -0.826. The highest BCUT2D eigenvalue weighted by atomic mass is 35.5. The summed E-state index contributed by atoms with van der Waals surface area (Å²) in [6.07, 6.45) is 3.28. The maximum atomic E-state index is 13.4. The normalized spacial score (nSPS) is 18.1. The summed E-state index contributed by atoms with van der Waals surface area (Å²) in [5, 5.41) is 10.5. The Morgan fingerprint density at radius 2 is 2.08 bits per heavy atom. The molecule has 4 rings (SSSR count). The smallest absolute Gasteiger partial charge is 0.303 e. The Labute approximate surface area is 225 Å². The zero-order chi connectivity index (χ0) is 26.4. The molecule has 37 heavy (non-hydrogen) atoms. The third kappa shape index (κ3) is 7.21. The average Bonchev–Trinajstić information content (AvgIpc) is 2.87. The fraction of sp³-hybridized carbons (Fsp3) is 0.393. The number of rotatable bonds is 11. The van der Waals surface area contributed by atoms with Crippen molar-refractivity contribution in [2.45, 2.75) is 30.6 Å². The lowest BCUT2D eigenvalue weighted by molar-refractivity contribution is -0.139. The summed E-state index contributed by atoms with van der Waals surface area (Å²) >= 11 is 7.99. The summed E-state index contributed by atoms with van der Waals surface area (Å²) in [4.78, 5) is 32.4. The molecule has 2 aromatic carbocycles. The second-order valence-corrected chi connectivity index (χ2v) is 10.9. The van der Waals surface area contributed by atoms with Gasteiger partial charge in [0, 0.05) is 53.7 Å². The van der Waals surface area contributed by atoms with E-state index in [2.05, 4.69) is 9.88 Å². The molecule has 196 valence electrons. The van der Waals surface area contributed by atoms with Crippen LogP contribution < -0.4 is 4.74 Å². The summed E-state index contributed by atoms with van der Waals surface area (Å²) in [6, 6.07) is 11.9. The van der Waals surface area contributed by atoms with Gasteiger partial charge in [-0.05, 0) is 67.6 Å². The van der Waals surface area contributed by atoms with Gasteiger partial charge in [-0.1, -0.05) is 17.7 Å². The molecule has 1 aromatic heterocycles. The molecule has 1 N–H and O–H groups in total. The quantitative estimate of drug-likeness (QED) is 0.227. The third-order valence-electron chi connectivity index (χ3n) is 6.93. The van der Waals surface area contributed by atoms with E-state index < -0.39 is 5.97 Å². The van der Waals surface area contributed by atoms with Crippen molar-refractivity contribution in [3.63, 3.8) is 0 Å². The van der Waals surface area contributed by atoms with Crippen LogP contribution in [0.15, 0.2) is 53.6 Å². The van der Waals surface area contributed by atoms with Crippen LogP contribution in [-0.2, 0) is 4.79 Å². The Morgan fingerprint density at radius 1 is 1.24 bits per heavy atom. The van der Waals surface area contributed by atoms with Crippen molar-refractivity contribution in [3.8, 4) is 5.75 Å². The van der Waals surface area contributed by atoms with E-state index in [1.165, 1.54) is 18.3 Å². The van der Waals surface area contributed by atoms with Crippen LogP contribution in [0.5, 0.6) is 5.75 Å². The molecule has 6 nitrogen and oxygen atoms in total. The van der Waals surface area contributed by atoms with Crippen molar-refractivity contribution < 1.29 is 23.8 Å². The number of ketones is 1. The second-order valence-electron chi connectivity index (χ2n) is 9.34. The third-order valence-corrected chi connectivity index (χ3v) is 8.20. The van der Waals surface area contributed by atoms with Crippen LogP contribution in [0.1, 0.15) is 36.0 Å². The molecule has 0 saturated carbocycles. The summed E-state index contributed by atoms with van der Waals surface area (Å²) < 4.78 is 18.7. The number of hydrogen-bond acceptors (Lipinski definition) is 6. The number of hydrogen-bond donors (Lipinski definition) is 1. The Balaban J connectivity index is 1.38. The number of carbonyl (C=O) groups excluding carboxylic acids is 1. The number of fused-ring (bicyclic) bond motifs is 1. The lowest BCUT2D eigenvalue weighted by Crippen LogP contribution is -2.42. The first-order chi connectivity index (χ1) is 17.8. The van der Waals surface area contributed by atoms with Crippen molar-refractivity contribution in [3.05, 3.63) is 65.1 Å². The maximum absolute atomic E-state index is 13.4. The number of carbonyl (C=O) groups is 2. The number of thioether (sulfide) groups is 1. The van der Waals surface area contributed by atoms with Crippen molar-refractivity contribution in [1.29, 1.82) is 0 Å². The average molecular weight is 545 g/mol. The van der Waals surface area contributed by atoms with Gasteiger partial charge in [0.1, 0.15) is 11.6 Å². The van der Waals surface area contributed by atoms with Gasteiger partial charge >= 0.3 is 5.97 Å². The zero-order valence-corrected chi connectivity index (χ0v) is 22.2. The number of carboxylic acids is 1. The number of ether oxygens (including phenoxy) is 1. The fourth-order valence-electron chi connectivity index (χ4n) is 5.04. The maximum Gasteiger partial charge on any atom is 0.303 e. The van der Waals surface area contributed by atoms with Crippen molar-refractivity contribution >= 4 is 46.0 Å². The van der Waals surface area contributed by atoms with Gasteiger partial charge in [-0.25, -0.2) is 4.39 Å². The van der Waals surface area contributed by atoms with Gasteiger partial charge in [0.25, 0.3) is 0 Å². The Kier molecular flexibility index (Phi) is 9.40. The Morgan fingerprint density at radius 3 is 2.84 bits per heavy atom. The van der Waals surface area contributed by atoms with E-state index in [0.29, 0.717) is 40.2 Å². The molecule has 1 fully saturated rings. The number of aliphatic carboxylic acids is 1. The predicted molar refractivity (Wildman–Crippen MR) is 144 cm³/mol. The Hall–Kier alpha value is -2.68.